The zero-order valence-electron chi connectivity index (χ0n) is 6.73. The summed E-state index contributed by atoms with van der Waals surface area (Å²) in [5, 5.41) is 8.72. The lowest BCUT2D eigenvalue weighted by Gasteiger charge is -2.11. The molecule has 0 fully saturated rings. The lowest BCUT2D eigenvalue weighted by molar-refractivity contribution is -0.129. The Kier molecular flexibility index (Phi) is 2.06. The van der Waals surface area contributed by atoms with Crippen LogP contribution < -0.4 is 0 Å². The summed E-state index contributed by atoms with van der Waals surface area (Å²) in [5.41, 5.74) is 1.27. The Morgan fingerprint density at radius 2 is 2.23 bits per heavy atom. The molecule has 3 nitrogen and oxygen atoms in total. The van der Waals surface area contributed by atoms with Crippen molar-refractivity contribution in [3.05, 3.63) is 29.8 Å². The summed E-state index contributed by atoms with van der Waals surface area (Å²) >= 11 is 1.23. The molecule has 4 heteroatoms. The Hall–Kier alpha value is -1.29. The molecule has 1 heterocycles. The highest BCUT2D eigenvalue weighted by Gasteiger charge is 2.17. The Labute approximate surface area is 79.6 Å². The molecule has 0 saturated heterocycles. The van der Waals surface area contributed by atoms with E-state index >= 15 is 0 Å². The lowest BCUT2D eigenvalue weighted by Crippen LogP contribution is -2.17. The summed E-state index contributed by atoms with van der Waals surface area (Å²) in [6.07, 6.45) is 0.429. The van der Waals surface area contributed by atoms with Gasteiger partial charge in [-0.3, -0.25) is 0 Å². The van der Waals surface area contributed by atoms with E-state index in [0.29, 0.717) is 6.42 Å². The molecule has 0 atom stereocenters. The van der Waals surface area contributed by atoms with Gasteiger partial charge < -0.3 is 5.11 Å². The van der Waals surface area contributed by atoms with Gasteiger partial charge in [-0.15, -0.1) is 0 Å². The Morgan fingerprint density at radius 3 is 3.00 bits per heavy atom. The second-order valence-corrected chi connectivity index (χ2v) is 3.52. The van der Waals surface area contributed by atoms with Gasteiger partial charge in [0.15, 0.2) is 0 Å². The van der Waals surface area contributed by atoms with Gasteiger partial charge in [0.25, 0.3) is 0 Å². The van der Waals surface area contributed by atoms with Gasteiger partial charge in [-0.05, 0) is 11.6 Å². The Bertz CT molecular complexity index is 387. The molecule has 0 aromatic heterocycles. The van der Waals surface area contributed by atoms with Crippen LogP contribution in [0.1, 0.15) is 5.56 Å². The summed E-state index contributed by atoms with van der Waals surface area (Å²) in [4.78, 5) is 11.7. The Balaban J connectivity index is 2.33. The van der Waals surface area contributed by atoms with Crippen LogP contribution in [-0.4, -0.2) is 16.8 Å². The molecule has 0 radical (unpaired) electrons. The van der Waals surface area contributed by atoms with Crippen molar-refractivity contribution in [3.8, 4) is 0 Å². The number of hydrogen-bond donors (Lipinski definition) is 1. The average molecular weight is 193 g/mol. The second-order valence-electron chi connectivity index (χ2n) is 2.72. The molecule has 1 aromatic carbocycles. The van der Waals surface area contributed by atoms with E-state index in [1.807, 2.05) is 24.3 Å². The highest BCUT2D eigenvalue weighted by molar-refractivity contribution is 7.98. The third-order valence-corrected chi connectivity index (χ3v) is 2.74. The standard InChI is InChI=1S/C9H7NO2S/c11-9(12)7-5-6-3-1-2-4-8(6)13-10-7/h1-4H,5H2,(H,11,12). The van der Waals surface area contributed by atoms with Gasteiger partial charge in [0.2, 0.25) is 0 Å². The van der Waals surface area contributed by atoms with Gasteiger partial charge >= 0.3 is 5.97 Å². The van der Waals surface area contributed by atoms with E-state index in [4.69, 9.17) is 5.11 Å². The van der Waals surface area contributed by atoms with Gasteiger partial charge in [0.1, 0.15) is 5.71 Å². The number of benzene rings is 1. The minimum absolute atomic E-state index is 0.226. The largest absolute Gasteiger partial charge is 0.477 e. The molecule has 0 aliphatic carbocycles. The van der Waals surface area contributed by atoms with E-state index in [1.165, 1.54) is 11.9 Å². The quantitative estimate of drug-likeness (QED) is 0.691. The van der Waals surface area contributed by atoms with E-state index in [0.717, 1.165) is 10.5 Å². The van der Waals surface area contributed by atoms with Gasteiger partial charge in [-0.1, -0.05) is 18.2 Å². The number of rotatable bonds is 1. The summed E-state index contributed by atoms with van der Waals surface area (Å²) in [5.74, 6) is -0.929. The van der Waals surface area contributed by atoms with E-state index in [2.05, 4.69) is 4.40 Å². The van der Waals surface area contributed by atoms with Crippen molar-refractivity contribution in [2.75, 3.05) is 0 Å². The average Bonchev–Trinajstić information content (AvgIpc) is 2.17. The number of aliphatic carboxylic acids is 1. The SMILES string of the molecule is O=C(O)C1=NSc2ccccc2C1. The predicted molar refractivity (Wildman–Crippen MR) is 51.1 cm³/mol. The minimum Gasteiger partial charge on any atom is -0.477 e. The summed E-state index contributed by atoms with van der Waals surface area (Å²) in [7, 11) is 0. The highest BCUT2D eigenvalue weighted by Crippen LogP contribution is 2.28. The minimum atomic E-state index is -0.929. The van der Waals surface area contributed by atoms with Crippen LogP contribution in [0.4, 0.5) is 0 Å². The van der Waals surface area contributed by atoms with Crippen LogP contribution in [0.15, 0.2) is 33.6 Å². The fourth-order valence-electron chi connectivity index (χ4n) is 1.17. The summed E-state index contributed by atoms with van der Waals surface area (Å²) in [6, 6.07) is 7.71. The molecule has 2 rings (SSSR count). The first-order valence-electron chi connectivity index (χ1n) is 3.82. The van der Waals surface area contributed by atoms with Crippen LogP contribution in [0, 0.1) is 0 Å². The number of carbonyl (C=O) groups is 1. The van der Waals surface area contributed by atoms with Gasteiger partial charge in [0.05, 0.1) is 0 Å². The van der Waals surface area contributed by atoms with Crippen molar-refractivity contribution in [2.45, 2.75) is 11.3 Å². The topological polar surface area (TPSA) is 49.7 Å². The van der Waals surface area contributed by atoms with Crippen LogP contribution >= 0.6 is 11.9 Å². The first-order chi connectivity index (χ1) is 6.27. The van der Waals surface area contributed by atoms with Crippen LogP contribution in [0.3, 0.4) is 0 Å². The molecular weight excluding hydrogens is 186 g/mol. The molecule has 0 unspecified atom stereocenters. The fraction of sp³-hybridized carbons (Fsp3) is 0.111. The van der Waals surface area contributed by atoms with E-state index in [9.17, 15) is 4.79 Å². The fourth-order valence-corrected chi connectivity index (χ4v) is 1.92. The van der Waals surface area contributed by atoms with E-state index < -0.39 is 5.97 Å². The lowest BCUT2D eigenvalue weighted by atomic mass is 10.1. The number of nitrogens with zero attached hydrogens (tertiary/aromatic N) is 1. The van der Waals surface area contributed by atoms with E-state index in [-0.39, 0.29) is 5.71 Å². The molecule has 0 spiro atoms. The zero-order chi connectivity index (χ0) is 9.26. The predicted octanol–water partition coefficient (Wildman–Crippen LogP) is 1.78. The molecule has 13 heavy (non-hydrogen) atoms. The molecular formula is C9H7NO2S. The van der Waals surface area contributed by atoms with Crippen molar-refractivity contribution in [2.24, 2.45) is 4.40 Å². The van der Waals surface area contributed by atoms with Crippen molar-refractivity contribution < 1.29 is 9.90 Å². The molecule has 1 aliphatic heterocycles. The first-order valence-corrected chi connectivity index (χ1v) is 4.60. The third-order valence-electron chi connectivity index (χ3n) is 1.83. The van der Waals surface area contributed by atoms with Crippen molar-refractivity contribution in [3.63, 3.8) is 0 Å². The maximum absolute atomic E-state index is 10.6. The smallest absolute Gasteiger partial charge is 0.351 e. The zero-order valence-corrected chi connectivity index (χ0v) is 7.54. The number of carboxylic acid groups (broad SMARTS) is 1. The van der Waals surface area contributed by atoms with Crippen LogP contribution in [0.2, 0.25) is 0 Å². The van der Waals surface area contributed by atoms with Crippen molar-refractivity contribution >= 4 is 23.6 Å². The van der Waals surface area contributed by atoms with Crippen LogP contribution in [-0.2, 0) is 11.2 Å². The molecule has 0 bridgehead atoms. The third kappa shape index (κ3) is 1.58. The molecule has 1 aromatic rings. The number of fused-ring (bicyclic) bond motifs is 1. The van der Waals surface area contributed by atoms with Gasteiger partial charge in [-0.25, -0.2) is 9.19 Å². The monoisotopic (exact) mass is 193 g/mol. The molecule has 1 N–H and O–H groups in total. The molecule has 0 saturated carbocycles. The van der Waals surface area contributed by atoms with Crippen LogP contribution in [0.5, 0.6) is 0 Å². The first kappa shape index (κ1) is 8.31. The second kappa shape index (κ2) is 3.22. The Morgan fingerprint density at radius 1 is 1.46 bits per heavy atom. The van der Waals surface area contributed by atoms with E-state index in [1.54, 1.807) is 0 Å². The van der Waals surface area contributed by atoms with Crippen molar-refractivity contribution in [1.82, 2.24) is 0 Å². The molecule has 66 valence electrons. The number of carboxylic acids is 1. The maximum atomic E-state index is 10.6. The van der Waals surface area contributed by atoms with Gasteiger partial charge in [0, 0.05) is 23.3 Å². The van der Waals surface area contributed by atoms with Crippen molar-refractivity contribution in [1.29, 1.82) is 0 Å². The summed E-state index contributed by atoms with van der Waals surface area (Å²) in [6.45, 7) is 0. The van der Waals surface area contributed by atoms with Gasteiger partial charge in [-0.2, -0.15) is 0 Å². The van der Waals surface area contributed by atoms with Crippen LogP contribution in [0.25, 0.3) is 0 Å². The maximum Gasteiger partial charge on any atom is 0.351 e. The normalized spacial score (nSPS) is 14.6. The summed E-state index contributed by atoms with van der Waals surface area (Å²) < 4.78 is 3.90. The molecule has 0 amide bonds. The highest BCUT2D eigenvalue weighted by atomic mass is 32.2. The molecule has 1 aliphatic rings. The number of hydrogen-bond acceptors (Lipinski definition) is 3.